The van der Waals surface area contributed by atoms with Crippen molar-refractivity contribution < 1.29 is 18.4 Å². The summed E-state index contributed by atoms with van der Waals surface area (Å²) >= 11 is 11.8. The Hall–Kier alpha value is -1.24. The molecule has 0 bridgehead atoms. The first kappa shape index (κ1) is 15.2. The van der Waals surface area contributed by atoms with Gasteiger partial charge in [0, 0.05) is 16.5 Å². The van der Waals surface area contributed by atoms with Crippen molar-refractivity contribution >= 4 is 23.2 Å². The number of hydrogen-bond acceptors (Lipinski definition) is 4. The zero-order valence-electron chi connectivity index (χ0n) is 10.1. The van der Waals surface area contributed by atoms with Gasteiger partial charge in [-0.25, -0.2) is 8.78 Å². The highest BCUT2D eigenvalue weighted by Crippen LogP contribution is 2.22. The van der Waals surface area contributed by atoms with Crippen molar-refractivity contribution in [2.45, 2.75) is 25.4 Å². The van der Waals surface area contributed by atoms with Crippen LogP contribution in [0.3, 0.4) is 0 Å². The zero-order valence-corrected chi connectivity index (χ0v) is 11.6. The van der Waals surface area contributed by atoms with Crippen LogP contribution in [0.25, 0.3) is 0 Å². The molecule has 1 atom stereocenters. The summed E-state index contributed by atoms with van der Waals surface area (Å²) in [5.74, 6) is 0.253. The number of halogens is 4. The molecule has 0 saturated heterocycles. The van der Waals surface area contributed by atoms with Crippen molar-refractivity contribution in [1.82, 2.24) is 10.1 Å². The number of hydrogen-bond donors (Lipinski definition) is 1. The van der Waals surface area contributed by atoms with Gasteiger partial charge in [-0.2, -0.15) is 4.98 Å². The molecule has 1 aromatic heterocycles. The molecule has 2 aromatic rings. The van der Waals surface area contributed by atoms with Gasteiger partial charge in [0.05, 0.1) is 6.42 Å². The van der Waals surface area contributed by atoms with Crippen molar-refractivity contribution in [3.8, 4) is 0 Å². The minimum Gasteiger partial charge on any atom is -0.387 e. The summed E-state index contributed by atoms with van der Waals surface area (Å²) in [6.45, 7) is 0. The van der Waals surface area contributed by atoms with E-state index < -0.39 is 12.5 Å². The van der Waals surface area contributed by atoms with E-state index in [2.05, 4.69) is 10.1 Å². The molecule has 0 aliphatic heterocycles. The van der Waals surface area contributed by atoms with Crippen LogP contribution in [0.4, 0.5) is 8.78 Å². The minimum absolute atomic E-state index is 0.0436. The van der Waals surface area contributed by atoms with Crippen molar-refractivity contribution in [3.05, 3.63) is 45.5 Å². The summed E-state index contributed by atoms with van der Waals surface area (Å²) in [4.78, 5) is 3.93. The third-order valence-electron chi connectivity index (χ3n) is 2.55. The zero-order chi connectivity index (χ0) is 14.7. The van der Waals surface area contributed by atoms with Crippen LogP contribution in [0, 0.1) is 0 Å². The summed E-state index contributed by atoms with van der Waals surface area (Å²) < 4.78 is 29.2. The molecule has 0 saturated carbocycles. The standard InChI is InChI=1S/C12H10Cl2F2N2O2/c13-7-2-1-6(8(14)4-7)3-10-17-11(20-18-10)5-9(19)12(15)16/h1-2,4,9,12,19H,3,5H2. The topological polar surface area (TPSA) is 59.2 Å². The van der Waals surface area contributed by atoms with Gasteiger partial charge in [0.2, 0.25) is 5.89 Å². The van der Waals surface area contributed by atoms with Gasteiger partial charge in [-0.05, 0) is 17.7 Å². The average molecular weight is 323 g/mol. The van der Waals surface area contributed by atoms with Crippen LogP contribution in [0.15, 0.2) is 22.7 Å². The highest BCUT2D eigenvalue weighted by molar-refractivity contribution is 6.35. The summed E-state index contributed by atoms with van der Waals surface area (Å²) in [6.07, 6.45) is -4.78. The van der Waals surface area contributed by atoms with Gasteiger partial charge in [-0.1, -0.05) is 34.4 Å². The predicted molar refractivity (Wildman–Crippen MR) is 69.3 cm³/mol. The van der Waals surface area contributed by atoms with Gasteiger partial charge in [0.25, 0.3) is 6.43 Å². The third kappa shape index (κ3) is 3.88. The maximum atomic E-state index is 12.2. The van der Waals surface area contributed by atoms with E-state index in [1.54, 1.807) is 18.2 Å². The van der Waals surface area contributed by atoms with E-state index in [0.29, 0.717) is 15.9 Å². The lowest BCUT2D eigenvalue weighted by Crippen LogP contribution is -2.20. The Balaban J connectivity index is 2.06. The fourth-order valence-electron chi connectivity index (χ4n) is 1.55. The fraction of sp³-hybridized carbons (Fsp3) is 0.333. The van der Waals surface area contributed by atoms with E-state index in [1.807, 2.05) is 0 Å². The highest BCUT2D eigenvalue weighted by Gasteiger charge is 2.21. The molecule has 0 spiro atoms. The lowest BCUT2D eigenvalue weighted by molar-refractivity contribution is -0.00754. The maximum Gasteiger partial charge on any atom is 0.264 e. The molecule has 0 fully saturated rings. The quantitative estimate of drug-likeness (QED) is 0.918. The van der Waals surface area contributed by atoms with Crippen LogP contribution in [0.2, 0.25) is 10.0 Å². The second kappa shape index (κ2) is 6.47. The number of alkyl halides is 2. The molecule has 1 aromatic carbocycles. The van der Waals surface area contributed by atoms with E-state index in [0.717, 1.165) is 5.56 Å². The Bertz CT molecular complexity index is 593. The minimum atomic E-state index is -2.85. The lowest BCUT2D eigenvalue weighted by Gasteiger charge is -2.04. The van der Waals surface area contributed by atoms with E-state index in [-0.39, 0.29) is 18.7 Å². The predicted octanol–water partition coefficient (Wildman–Crippen LogP) is 3.14. The van der Waals surface area contributed by atoms with Crippen LogP contribution in [-0.2, 0) is 12.8 Å². The number of nitrogens with zero attached hydrogens (tertiary/aromatic N) is 2. The highest BCUT2D eigenvalue weighted by atomic mass is 35.5. The van der Waals surface area contributed by atoms with Gasteiger partial charge in [0.15, 0.2) is 5.82 Å². The Kier molecular flexibility index (Phi) is 4.91. The van der Waals surface area contributed by atoms with Crippen LogP contribution in [-0.4, -0.2) is 27.8 Å². The normalized spacial score (nSPS) is 12.9. The largest absolute Gasteiger partial charge is 0.387 e. The molecule has 2 rings (SSSR count). The molecule has 108 valence electrons. The number of aromatic nitrogens is 2. The van der Waals surface area contributed by atoms with Gasteiger partial charge in [-0.3, -0.25) is 0 Å². The molecule has 0 amide bonds. The SMILES string of the molecule is OC(Cc1nc(Cc2ccc(Cl)cc2Cl)no1)C(F)F. The molecular weight excluding hydrogens is 313 g/mol. The molecule has 20 heavy (non-hydrogen) atoms. The Morgan fingerprint density at radius 3 is 2.70 bits per heavy atom. The molecular formula is C12H10Cl2F2N2O2. The van der Waals surface area contributed by atoms with Crippen LogP contribution in [0.5, 0.6) is 0 Å². The summed E-state index contributed by atoms with van der Waals surface area (Å²) in [6, 6.07) is 4.97. The Morgan fingerprint density at radius 1 is 1.30 bits per heavy atom. The van der Waals surface area contributed by atoms with E-state index in [4.69, 9.17) is 32.8 Å². The van der Waals surface area contributed by atoms with Gasteiger partial charge >= 0.3 is 0 Å². The molecule has 8 heteroatoms. The Labute approximate surface area is 123 Å². The third-order valence-corrected chi connectivity index (χ3v) is 3.14. The number of aliphatic hydroxyl groups is 1. The van der Waals surface area contributed by atoms with Crippen LogP contribution in [0.1, 0.15) is 17.3 Å². The Morgan fingerprint density at radius 2 is 2.05 bits per heavy atom. The van der Waals surface area contributed by atoms with Crippen molar-refractivity contribution in [2.24, 2.45) is 0 Å². The van der Waals surface area contributed by atoms with Crippen molar-refractivity contribution in [2.75, 3.05) is 0 Å². The molecule has 0 radical (unpaired) electrons. The number of aliphatic hydroxyl groups excluding tert-OH is 1. The van der Waals surface area contributed by atoms with E-state index in [1.165, 1.54) is 0 Å². The average Bonchev–Trinajstić information content (AvgIpc) is 2.80. The van der Waals surface area contributed by atoms with Crippen LogP contribution >= 0.6 is 23.2 Å². The monoisotopic (exact) mass is 322 g/mol. The summed E-state index contributed by atoms with van der Waals surface area (Å²) in [7, 11) is 0. The van der Waals surface area contributed by atoms with Gasteiger partial charge in [-0.15, -0.1) is 0 Å². The second-order valence-corrected chi connectivity index (χ2v) is 4.97. The molecule has 1 N–H and O–H groups in total. The van der Waals surface area contributed by atoms with E-state index >= 15 is 0 Å². The first-order chi connectivity index (χ1) is 9.45. The number of benzene rings is 1. The maximum absolute atomic E-state index is 12.2. The molecule has 1 heterocycles. The second-order valence-electron chi connectivity index (χ2n) is 4.12. The van der Waals surface area contributed by atoms with Crippen molar-refractivity contribution in [3.63, 3.8) is 0 Å². The summed E-state index contributed by atoms with van der Waals surface area (Å²) in [5.41, 5.74) is 0.734. The number of rotatable bonds is 5. The van der Waals surface area contributed by atoms with Gasteiger partial charge in [0.1, 0.15) is 6.10 Å². The first-order valence-electron chi connectivity index (χ1n) is 5.67. The molecule has 4 nitrogen and oxygen atoms in total. The van der Waals surface area contributed by atoms with Crippen molar-refractivity contribution in [1.29, 1.82) is 0 Å². The van der Waals surface area contributed by atoms with E-state index in [9.17, 15) is 8.78 Å². The summed E-state index contributed by atoms with van der Waals surface area (Å²) in [5, 5.41) is 13.7. The van der Waals surface area contributed by atoms with Crippen LogP contribution < -0.4 is 0 Å². The smallest absolute Gasteiger partial charge is 0.264 e. The molecule has 0 aliphatic carbocycles. The first-order valence-corrected chi connectivity index (χ1v) is 6.43. The van der Waals surface area contributed by atoms with Gasteiger partial charge < -0.3 is 9.63 Å². The molecule has 1 unspecified atom stereocenters. The molecule has 0 aliphatic rings. The fourth-order valence-corrected chi connectivity index (χ4v) is 2.02. The lowest BCUT2D eigenvalue weighted by atomic mass is 10.1.